The Kier molecular flexibility index (Phi) is 5.84. The highest BCUT2D eigenvalue weighted by atomic mass is 16.5. The van der Waals surface area contributed by atoms with Gasteiger partial charge in [0.1, 0.15) is 5.75 Å². The normalized spacial score (nSPS) is 19.9. The Morgan fingerprint density at radius 3 is 2.52 bits per heavy atom. The van der Waals surface area contributed by atoms with Gasteiger partial charge >= 0.3 is 0 Å². The van der Waals surface area contributed by atoms with Crippen LogP contribution in [0, 0.1) is 5.92 Å². The molecule has 0 bridgehead atoms. The third-order valence-electron chi connectivity index (χ3n) is 3.92. The predicted octanol–water partition coefficient (Wildman–Crippen LogP) is 1.23. The summed E-state index contributed by atoms with van der Waals surface area (Å²) in [4.78, 5) is 17.9. The first-order chi connectivity index (χ1) is 11.0. The van der Waals surface area contributed by atoms with Gasteiger partial charge in [-0.1, -0.05) is 19.1 Å². The lowest BCUT2D eigenvalue weighted by Crippen LogP contribution is -2.44. The number of benzene rings is 1. The van der Waals surface area contributed by atoms with Crippen molar-refractivity contribution < 1.29 is 9.53 Å². The van der Waals surface area contributed by atoms with E-state index in [1.54, 1.807) is 26.1 Å². The summed E-state index contributed by atoms with van der Waals surface area (Å²) in [7, 11) is 5.14. The Balaban J connectivity index is 1.95. The van der Waals surface area contributed by atoms with Gasteiger partial charge in [0.05, 0.1) is 20.2 Å². The molecule has 126 valence electrons. The zero-order valence-electron chi connectivity index (χ0n) is 14.3. The molecule has 0 radical (unpaired) electrons. The first kappa shape index (κ1) is 17.1. The van der Waals surface area contributed by atoms with Crippen LogP contribution in [0.5, 0.6) is 5.75 Å². The van der Waals surface area contributed by atoms with Crippen molar-refractivity contribution >= 4 is 11.9 Å². The molecule has 6 heteroatoms. The number of ether oxygens (including phenoxy) is 1. The Morgan fingerprint density at radius 1 is 1.35 bits per heavy atom. The van der Waals surface area contributed by atoms with Crippen LogP contribution in [0.2, 0.25) is 0 Å². The molecule has 1 saturated carbocycles. The van der Waals surface area contributed by atoms with Crippen LogP contribution in [-0.2, 0) is 11.3 Å². The molecule has 23 heavy (non-hydrogen) atoms. The van der Waals surface area contributed by atoms with Crippen LogP contribution in [0.25, 0.3) is 0 Å². The minimum absolute atomic E-state index is 0.0211. The number of carbonyl (C=O) groups excluding carboxylic acids is 1. The summed E-state index contributed by atoms with van der Waals surface area (Å²) in [5.74, 6) is 2.20. The summed E-state index contributed by atoms with van der Waals surface area (Å²) in [5.41, 5.74) is 1.09. The number of likely N-dealkylation sites (N-methyl/N-ethyl adjacent to an activating group) is 1. The van der Waals surface area contributed by atoms with Crippen LogP contribution in [-0.4, -0.2) is 50.6 Å². The molecule has 0 aromatic heterocycles. The Labute approximate surface area is 137 Å². The lowest BCUT2D eigenvalue weighted by Gasteiger charge is -2.15. The van der Waals surface area contributed by atoms with Crippen LogP contribution in [0.3, 0.4) is 0 Å². The molecule has 2 unspecified atom stereocenters. The molecule has 2 rings (SSSR count). The molecule has 2 N–H and O–H groups in total. The van der Waals surface area contributed by atoms with Crippen molar-refractivity contribution in [2.24, 2.45) is 10.9 Å². The lowest BCUT2D eigenvalue weighted by molar-refractivity contribution is -0.127. The number of nitrogens with zero attached hydrogens (tertiary/aromatic N) is 2. The van der Waals surface area contributed by atoms with E-state index in [-0.39, 0.29) is 12.5 Å². The molecule has 0 heterocycles. The number of carbonyl (C=O) groups is 1. The molecule has 1 aromatic rings. The summed E-state index contributed by atoms with van der Waals surface area (Å²) < 4.78 is 5.15. The van der Waals surface area contributed by atoms with Crippen molar-refractivity contribution in [2.75, 3.05) is 27.7 Å². The fourth-order valence-electron chi connectivity index (χ4n) is 2.07. The second-order valence-electron chi connectivity index (χ2n) is 6.12. The van der Waals surface area contributed by atoms with Gasteiger partial charge in [0.25, 0.3) is 0 Å². The van der Waals surface area contributed by atoms with Gasteiger partial charge in [-0.15, -0.1) is 0 Å². The van der Waals surface area contributed by atoms with Gasteiger partial charge in [-0.05, 0) is 30.0 Å². The topological polar surface area (TPSA) is 66.0 Å². The lowest BCUT2D eigenvalue weighted by atomic mass is 10.2. The van der Waals surface area contributed by atoms with Crippen molar-refractivity contribution in [1.82, 2.24) is 15.5 Å². The van der Waals surface area contributed by atoms with Gasteiger partial charge in [-0.2, -0.15) is 0 Å². The van der Waals surface area contributed by atoms with Crippen LogP contribution < -0.4 is 15.4 Å². The molecule has 6 nitrogen and oxygen atoms in total. The molecule has 1 aromatic carbocycles. The molecular formula is C17H26N4O2. The number of rotatable bonds is 6. The van der Waals surface area contributed by atoms with E-state index in [0.717, 1.165) is 17.7 Å². The number of guanidine groups is 1. The van der Waals surface area contributed by atoms with Crippen molar-refractivity contribution in [3.05, 3.63) is 29.8 Å². The van der Waals surface area contributed by atoms with Gasteiger partial charge in [0.2, 0.25) is 5.91 Å². The monoisotopic (exact) mass is 318 g/mol. The van der Waals surface area contributed by atoms with Crippen LogP contribution in [0.15, 0.2) is 29.3 Å². The van der Waals surface area contributed by atoms with Crippen molar-refractivity contribution in [3.8, 4) is 5.75 Å². The molecule has 1 amide bonds. The number of amides is 1. The third-order valence-corrected chi connectivity index (χ3v) is 3.92. The highest BCUT2D eigenvalue weighted by Gasteiger charge is 2.33. The van der Waals surface area contributed by atoms with E-state index in [0.29, 0.717) is 24.5 Å². The molecule has 0 aliphatic heterocycles. The predicted molar refractivity (Wildman–Crippen MR) is 91.5 cm³/mol. The second kappa shape index (κ2) is 7.85. The maximum absolute atomic E-state index is 11.7. The average Bonchev–Trinajstić information content (AvgIpc) is 3.24. The van der Waals surface area contributed by atoms with E-state index in [2.05, 4.69) is 22.5 Å². The smallest absolute Gasteiger partial charge is 0.241 e. The SMILES string of the molecule is COc1ccc(CN=C(NCC(=O)N(C)C)NC2CC2C)cc1. The minimum atomic E-state index is 0.0211. The summed E-state index contributed by atoms with van der Waals surface area (Å²) in [6, 6.07) is 8.27. The average molecular weight is 318 g/mol. The van der Waals surface area contributed by atoms with Gasteiger partial charge in [-0.3, -0.25) is 4.79 Å². The number of hydrogen-bond acceptors (Lipinski definition) is 3. The summed E-state index contributed by atoms with van der Waals surface area (Å²) in [5, 5.41) is 6.48. The van der Waals surface area contributed by atoms with Crippen LogP contribution >= 0.6 is 0 Å². The fourth-order valence-corrected chi connectivity index (χ4v) is 2.07. The van der Waals surface area contributed by atoms with Gasteiger partial charge in [-0.25, -0.2) is 4.99 Å². The number of nitrogens with one attached hydrogen (secondary N) is 2. The Bertz CT molecular complexity index is 554. The second-order valence-corrected chi connectivity index (χ2v) is 6.12. The van der Waals surface area contributed by atoms with E-state index >= 15 is 0 Å². The summed E-state index contributed by atoms with van der Waals surface area (Å²) >= 11 is 0. The Morgan fingerprint density at radius 2 is 2.00 bits per heavy atom. The van der Waals surface area contributed by atoms with Crippen molar-refractivity contribution in [3.63, 3.8) is 0 Å². The van der Waals surface area contributed by atoms with Crippen LogP contribution in [0.1, 0.15) is 18.9 Å². The van der Waals surface area contributed by atoms with E-state index in [4.69, 9.17) is 4.74 Å². The first-order valence-electron chi connectivity index (χ1n) is 7.87. The van der Waals surface area contributed by atoms with Crippen molar-refractivity contribution in [1.29, 1.82) is 0 Å². The first-order valence-corrected chi connectivity index (χ1v) is 7.87. The number of aliphatic imine (C=N–C) groups is 1. The maximum Gasteiger partial charge on any atom is 0.241 e. The third kappa shape index (κ3) is 5.47. The Hall–Kier alpha value is -2.24. The minimum Gasteiger partial charge on any atom is -0.497 e. The quantitative estimate of drug-likeness (QED) is 0.611. The van der Waals surface area contributed by atoms with E-state index in [1.165, 1.54) is 0 Å². The van der Waals surface area contributed by atoms with Crippen molar-refractivity contribution in [2.45, 2.75) is 25.9 Å². The molecule has 2 atom stereocenters. The van der Waals surface area contributed by atoms with Crippen LogP contribution in [0.4, 0.5) is 0 Å². The van der Waals surface area contributed by atoms with Gasteiger partial charge < -0.3 is 20.3 Å². The van der Waals surface area contributed by atoms with Gasteiger partial charge in [0, 0.05) is 20.1 Å². The molecular weight excluding hydrogens is 292 g/mol. The maximum atomic E-state index is 11.7. The zero-order chi connectivity index (χ0) is 16.8. The summed E-state index contributed by atoms with van der Waals surface area (Å²) in [6.45, 7) is 2.99. The molecule has 0 saturated heterocycles. The zero-order valence-corrected chi connectivity index (χ0v) is 14.3. The highest BCUT2D eigenvalue weighted by Crippen LogP contribution is 2.28. The largest absolute Gasteiger partial charge is 0.497 e. The molecule has 1 aliphatic rings. The standard InChI is InChI=1S/C17H26N4O2/c1-12-9-15(12)20-17(19-11-16(22)21(2)3)18-10-13-5-7-14(23-4)8-6-13/h5-8,12,15H,9-11H2,1-4H3,(H2,18,19,20). The highest BCUT2D eigenvalue weighted by molar-refractivity contribution is 5.86. The van der Waals surface area contributed by atoms with E-state index in [9.17, 15) is 4.79 Å². The number of hydrogen-bond donors (Lipinski definition) is 2. The summed E-state index contributed by atoms with van der Waals surface area (Å²) in [6.07, 6.45) is 1.14. The molecule has 1 aliphatic carbocycles. The molecule has 0 spiro atoms. The van der Waals surface area contributed by atoms with E-state index in [1.807, 2.05) is 24.3 Å². The van der Waals surface area contributed by atoms with Gasteiger partial charge in [0.15, 0.2) is 5.96 Å². The number of methoxy groups -OCH3 is 1. The van der Waals surface area contributed by atoms with E-state index < -0.39 is 0 Å². The fraction of sp³-hybridized carbons (Fsp3) is 0.529. The molecule has 1 fully saturated rings.